The van der Waals surface area contributed by atoms with E-state index in [9.17, 15) is 8.42 Å². The average molecular weight is 224 g/mol. The summed E-state index contributed by atoms with van der Waals surface area (Å²) in [5, 5.41) is 4.31. The predicted molar refractivity (Wildman–Crippen MR) is 59.3 cm³/mol. The molecule has 1 aromatic rings. The summed E-state index contributed by atoms with van der Waals surface area (Å²) in [7, 11) is -3.00. The minimum Gasteiger partial charge on any atom is -0.363 e. The van der Waals surface area contributed by atoms with E-state index < -0.39 is 9.84 Å². The van der Waals surface area contributed by atoms with Crippen LogP contribution >= 0.6 is 0 Å². The van der Waals surface area contributed by atoms with E-state index in [0.717, 1.165) is 5.56 Å². The summed E-state index contributed by atoms with van der Waals surface area (Å²) < 4.78 is 22.3. The van der Waals surface area contributed by atoms with Crippen molar-refractivity contribution < 1.29 is 8.42 Å². The molecule has 80 valence electrons. The number of hydrogen-bond acceptors (Lipinski definition) is 4. The summed E-state index contributed by atoms with van der Waals surface area (Å²) in [6.45, 7) is 1.97. The predicted octanol–water partition coefficient (Wildman–Crippen LogP) is 1.11. The summed E-state index contributed by atoms with van der Waals surface area (Å²) in [4.78, 5) is 4.11. The van der Waals surface area contributed by atoms with Crippen LogP contribution in [-0.2, 0) is 9.84 Å². The van der Waals surface area contributed by atoms with Gasteiger partial charge in [-0.3, -0.25) is 0 Å². The van der Waals surface area contributed by atoms with Crippen molar-refractivity contribution in [2.24, 2.45) is 0 Å². The second kappa shape index (κ2) is 3.66. The van der Waals surface area contributed by atoms with Crippen LogP contribution in [0.5, 0.6) is 0 Å². The Bertz CT molecular complexity index is 494. The molecule has 5 heteroatoms. The fraction of sp³-hybridized carbons (Fsp3) is 0.300. The highest BCUT2D eigenvalue weighted by Gasteiger charge is 2.21. The molecule has 1 aliphatic rings. The van der Waals surface area contributed by atoms with Crippen LogP contribution in [0, 0.1) is 6.92 Å². The molecule has 0 saturated heterocycles. The van der Waals surface area contributed by atoms with Crippen molar-refractivity contribution in [1.82, 2.24) is 4.98 Å². The van der Waals surface area contributed by atoms with Gasteiger partial charge in [0.1, 0.15) is 5.82 Å². The van der Waals surface area contributed by atoms with Crippen LogP contribution in [0.4, 0.5) is 5.82 Å². The highest BCUT2D eigenvalue weighted by molar-refractivity contribution is 7.94. The molecule has 2 rings (SSSR count). The van der Waals surface area contributed by atoms with Gasteiger partial charge in [-0.2, -0.15) is 0 Å². The van der Waals surface area contributed by atoms with E-state index in [1.165, 1.54) is 5.41 Å². The molecular weight excluding hydrogens is 212 g/mol. The molecule has 1 aromatic heterocycles. The molecule has 2 heterocycles. The monoisotopic (exact) mass is 224 g/mol. The third-order valence-corrected chi connectivity index (χ3v) is 3.57. The SMILES string of the molecule is Cc1ccnc(NC2C=CS(=O)(=O)C2)c1. The molecule has 15 heavy (non-hydrogen) atoms. The van der Waals surface area contributed by atoms with Crippen LogP contribution in [0.25, 0.3) is 0 Å². The minimum absolute atomic E-state index is 0.114. The standard InChI is InChI=1S/C10H12N2O2S/c1-8-2-4-11-10(6-8)12-9-3-5-15(13,14)7-9/h2-6,9H,7H2,1H3,(H,11,12). The molecule has 0 aromatic carbocycles. The Balaban J connectivity index is 2.09. The Morgan fingerprint density at radius 2 is 2.33 bits per heavy atom. The molecule has 0 radical (unpaired) electrons. The molecule has 1 atom stereocenters. The number of hydrogen-bond donors (Lipinski definition) is 1. The van der Waals surface area contributed by atoms with Gasteiger partial charge in [0.25, 0.3) is 0 Å². The molecule has 4 nitrogen and oxygen atoms in total. The molecule has 0 bridgehead atoms. The molecule has 0 saturated carbocycles. The number of aryl methyl sites for hydroxylation is 1. The first-order valence-corrected chi connectivity index (χ1v) is 6.37. The van der Waals surface area contributed by atoms with Crippen LogP contribution < -0.4 is 5.32 Å². The Hall–Kier alpha value is -1.36. The van der Waals surface area contributed by atoms with Crippen LogP contribution in [0.15, 0.2) is 29.8 Å². The first kappa shape index (κ1) is 10.2. The van der Waals surface area contributed by atoms with Crippen molar-refractivity contribution in [2.75, 3.05) is 11.1 Å². The smallest absolute Gasteiger partial charge is 0.173 e. The Morgan fingerprint density at radius 3 is 2.93 bits per heavy atom. The lowest BCUT2D eigenvalue weighted by Crippen LogP contribution is -2.21. The number of rotatable bonds is 2. The number of aromatic nitrogens is 1. The number of pyridine rings is 1. The van der Waals surface area contributed by atoms with Crippen molar-refractivity contribution in [1.29, 1.82) is 0 Å². The van der Waals surface area contributed by atoms with Crippen LogP contribution in [-0.4, -0.2) is 25.2 Å². The zero-order chi connectivity index (χ0) is 10.9. The first-order valence-electron chi connectivity index (χ1n) is 4.65. The van der Waals surface area contributed by atoms with E-state index in [1.54, 1.807) is 12.3 Å². The number of anilines is 1. The summed E-state index contributed by atoms with van der Waals surface area (Å²) in [5.41, 5.74) is 1.09. The van der Waals surface area contributed by atoms with E-state index in [1.807, 2.05) is 19.1 Å². The largest absolute Gasteiger partial charge is 0.363 e. The van der Waals surface area contributed by atoms with Gasteiger partial charge in [0.05, 0.1) is 11.8 Å². The first-order chi connectivity index (χ1) is 7.05. The number of nitrogens with zero attached hydrogens (tertiary/aromatic N) is 1. The second-order valence-electron chi connectivity index (χ2n) is 3.63. The Kier molecular flexibility index (Phi) is 2.48. The average Bonchev–Trinajstić information content (AvgIpc) is 2.45. The zero-order valence-electron chi connectivity index (χ0n) is 8.34. The van der Waals surface area contributed by atoms with E-state index in [0.29, 0.717) is 5.82 Å². The maximum Gasteiger partial charge on any atom is 0.173 e. The molecular formula is C10H12N2O2S. The third kappa shape index (κ3) is 2.56. The zero-order valence-corrected chi connectivity index (χ0v) is 9.16. The van der Waals surface area contributed by atoms with E-state index >= 15 is 0 Å². The van der Waals surface area contributed by atoms with Crippen LogP contribution in [0.3, 0.4) is 0 Å². The van der Waals surface area contributed by atoms with Crippen LogP contribution in [0.1, 0.15) is 5.56 Å². The van der Waals surface area contributed by atoms with Gasteiger partial charge in [-0.05, 0) is 30.7 Å². The fourth-order valence-electron chi connectivity index (χ4n) is 1.47. The van der Waals surface area contributed by atoms with Gasteiger partial charge in [-0.25, -0.2) is 13.4 Å². The van der Waals surface area contributed by atoms with Gasteiger partial charge < -0.3 is 5.32 Å². The molecule has 0 amide bonds. The van der Waals surface area contributed by atoms with Gasteiger partial charge in [0, 0.05) is 11.6 Å². The molecule has 0 spiro atoms. The minimum atomic E-state index is -3.00. The van der Waals surface area contributed by atoms with E-state index in [4.69, 9.17) is 0 Å². The highest BCUT2D eigenvalue weighted by Crippen LogP contribution is 2.13. The van der Waals surface area contributed by atoms with E-state index in [-0.39, 0.29) is 11.8 Å². The quantitative estimate of drug-likeness (QED) is 0.817. The highest BCUT2D eigenvalue weighted by atomic mass is 32.2. The normalized spacial score (nSPS) is 22.9. The lowest BCUT2D eigenvalue weighted by Gasteiger charge is -2.10. The van der Waals surface area contributed by atoms with Crippen molar-refractivity contribution in [2.45, 2.75) is 13.0 Å². The summed E-state index contributed by atoms with van der Waals surface area (Å²) in [6, 6.07) is 3.62. The number of nitrogens with one attached hydrogen (secondary N) is 1. The Morgan fingerprint density at radius 1 is 1.53 bits per heavy atom. The maximum atomic E-state index is 11.2. The van der Waals surface area contributed by atoms with Crippen LogP contribution in [0.2, 0.25) is 0 Å². The van der Waals surface area contributed by atoms with E-state index in [2.05, 4.69) is 10.3 Å². The van der Waals surface area contributed by atoms with Crippen molar-refractivity contribution in [3.05, 3.63) is 35.4 Å². The summed E-state index contributed by atoms with van der Waals surface area (Å²) in [6.07, 6.45) is 3.35. The maximum absolute atomic E-state index is 11.2. The second-order valence-corrected chi connectivity index (χ2v) is 5.56. The van der Waals surface area contributed by atoms with Gasteiger partial charge in [0.15, 0.2) is 9.84 Å². The van der Waals surface area contributed by atoms with Gasteiger partial charge in [0.2, 0.25) is 0 Å². The lowest BCUT2D eigenvalue weighted by atomic mass is 10.3. The van der Waals surface area contributed by atoms with Crippen molar-refractivity contribution in [3.63, 3.8) is 0 Å². The van der Waals surface area contributed by atoms with Gasteiger partial charge in [-0.15, -0.1) is 0 Å². The number of sulfone groups is 1. The molecule has 1 N–H and O–H groups in total. The molecule has 1 aliphatic heterocycles. The summed E-state index contributed by atoms with van der Waals surface area (Å²) in [5.74, 6) is 0.824. The summed E-state index contributed by atoms with van der Waals surface area (Å²) >= 11 is 0. The van der Waals surface area contributed by atoms with Crippen molar-refractivity contribution in [3.8, 4) is 0 Å². The third-order valence-electron chi connectivity index (χ3n) is 2.18. The van der Waals surface area contributed by atoms with Gasteiger partial charge in [-0.1, -0.05) is 0 Å². The van der Waals surface area contributed by atoms with Crippen molar-refractivity contribution >= 4 is 15.7 Å². The lowest BCUT2D eigenvalue weighted by molar-refractivity contribution is 0.605. The molecule has 0 fully saturated rings. The topological polar surface area (TPSA) is 59.1 Å². The molecule has 0 aliphatic carbocycles. The molecule has 1 unspecified atom stereocenters. The fourth-order valence-corrected chi connectivity index (χ4v) is 2.71. The Labute approximate surface area is 89.0 Å². The van der Waals surface area contributed by atoms with Gasteiger partial charge >= 0.3 is 0 Å².